The Hall–Kier alpha value is -2.23. The summed E-state index contributed by atoms with van der Waals surface area (Å²) in [6.45, 7) is 2.06. The first kappa shape index (κ1) is 31.2. The molecular weight excluding hydrogens is 592 g/mol. The zero-order valence-corrected chi connectivity index (χ0v) is 26.3. The van der Waals surface area contributed by atoms with Crippen LogP contribution in [0.1, 0.15) is 49.3 Å². The van der Waals surface area contributed by atoms with E-state index in [9.17, 15) is 13.2 Å². The minimum absolute atomic E-state index is 0.222. The van der Waals surface area contributed by atoms with Gasteiger partial charge in [-0.3, -0.25) is 5.01 Å². The first-order chi connectivity index (χ1) is 20.6. The molecule has 3 aromatic carbocycles. The summed E-state index contributed by atoms with van der Waals surface area (Å²) in [5.41, 5.74) is 3.80. The smallest absolute Gasteiger partial charge is 0.126 e. The molecule has 0 spiro atoms. The second-order valence-corrected chi connectivity index (χ2v) is 14.3. The van der Waals surface area contributed by atoms with E-state index >= 15 is 0 Å². The number of benzene rings is 3. The van der Waals surface area contributed by atoms with Crippen LogP contribution in [0, 0.1) is 17.5 Å². The Bertz CT molecular complexity index is 1290. The Balaban J connectivity index is 1.33. The van der Waals surface area contributed by atoms with Crippen molar-refractivity contribution < 1.29 is 13.2 Å². The lowest BCUT2D eigenvalue weighted by Crippen LogP contribution is -2.26. The van der Waals surface area contributed by atoms with Crippen LogP contribution in [-0.2, 0) is 0 Å². The molecule has 9 heteroatoms. The van der Waals surface area contributed by atoms with Crippen LogP contribution in [0.4, 0.5) is 24.5 Å². The fraction of sp³-hybridized carbons (Fsp3) is 0.424. The summed E-state index contributed by atoms with van der Waals surface area (Å²) in [4.78, 5) is 2.50. The molecule has 0 radical (unpaired) electrons. The lowest BCUT2D eigenvalue weighted by molar-refractivity contribution is 0.582. The quantitative estimate of drug-likeness (QED) is 0.286. The number of nitrogens with zero attached hydrogens (tertiary/aromatic N) is 3. The third-order valence-corrected chi connectivity index (χ3v) is 10.9. The summed E-state index contributed by atoms with van der Waals surface area (Å²) in [7, 11) is 0. The lowest BCUT2D eigenvalue weighted by Gasteiger charge is -2.27. The minimum atomic E-state index is -0.642. The normalized spacial score (nSPS) is 20.0. The summed E-state index contributed by atoms with van der Waals surface area (Å²) >= 11 is 6.24. The molecule has 42 heavy (non-hydrogen) atoms. The van der Waals surface area contributed by atoms with Crippen molar-refractivity contribution in [3.05, 3.63) is 95.3 Å². The van der Waals surface area contributed by atoms with E-state index in [1.165, 1.54) is 77.3 Å². The molecule has 1 unspecified atom stereocenters. The highest BCUT2D eigenvalue weighted by Crippen LogP contribution is 2.38. The fourth-order valence-corrected chi connectivity index (χ4v) is 8.38. The average molecular weight is 630 g/mol. The van der Waals surface area contributed by atoms with Gasteiger partial charge < -0.3 is 4.90 Å². The molecular formula is C33H38F3N3S3. The highest BCUT2D eigenvalue weighted by atomic mass is 32.2. The summed E-state index contributed by atoms with van der Waals surface area (Å²) in [6.07, 6.45) is 5.35. The second-order valence-electron chi connectivity index (χ2n) is 10.6. The number of rotatable bonds is 4. The maximum atomic E-state index is 14.2. The third-order valence-electron chi connectivity index (χ3n) is 7.41. The number of halogens is 3. The van der Waals surface area contributed by atoms with Gasteiger partial charge in [0.15, 0.2) is 0 Å². The summed E-state index contributed by atoms with van der Waals surface area (Å²) in [5, 5.41) is 6.51. The maximum absolute atomic E-state index is 14.2. The molecule has 0 N–H and O–H groups in total. The molecule has 2 heterocycles. The van der Waals surface area contributed by atoms with E-state index in [0.29, 0.717) is 23.4 Å². The van der Waals surface area contributed by atoms with Gasteiger partial charge in [-0.25, -0.2) is 13.2 Å². The largest absolute Gasteiger partial charge is 0.371 e. The van der Waals surface area contributed by atoms with E-state index < -0.39 is 11.6 Å². The molecule has 0 aliphatic carbocycles. The van der Waals surface area contributed by atoms with Gasteiger partial charge in [0.1, 0.15) is 17.5 Å². The summed E-state index contributed by atoms with van der Waals surface area (Å²) < 4.78 is 42.3. The van der Waals surface area contributed by atoms with Gasteiger partial charge in [-0.1, -0.05) is 18.2 Å². The van der Waals surface area contributed by atoms with Crippen LogP contribution in [0.5, 0.6) is 0 Å². The molecule has 1 atom stereocenters. The molecule has 5 rings (SSSR count). The van der Waals surface area contributed by atoms with Crippen LogP contribution in [0.2, 0.25) is 0 Å². The number of thioether (sulfide) groups is 3. The number of anilines is 2. The molecule has 2 aliphatic heterocycles. The van der Waals surface area contributed by atoms with Crippen LogP contribution in [0.25, 0.3) is 0 Å². The van der Waals surface area contributed by atoms with E-state index in [1.54, 1.807) is 11.1 Å². The molecule has 2 aliphatic rings. The van der Waals surface area contributed by atoms with Crippen LogP contribution in [0.3, 0.4) is 0 Å². The van der Waals surface area contributed by atoms with Gasteiger partial charge in [-0.05, 0) is 108 Å². The Morgan fingerprint density at radius 1 is 0.619 bits per heavy atom. The Labute approximate surface area is 260 Å². The first-order valence-electron chi connectivity index (χ1n) is 14.7. The molecule has 0 saturated carbocycles. The van der Waals surface area contributed by atoms with Crippen LogP contribution in [0.15, 0.2) is 71.8 Å². The van der Waals surface area contributed by atoms with Crippen molar-refractivity contribution in [1.82, 2.24) is 0 Å². The van der Waals surface area contributed by atoms with Gasteiger partial charge in [0.25, 0.3) is 0 Å². The molecule has 0 amide bonds. The van der Waals surface area contributed by atoms with E-state index in [2.05, 4.69) is 64.5 Å². The minimum Gasteiger partial charge on any atom is -0.371 e. The van der Waals surface area contributed by atoms with Crippen molar-refractivity contribution in [2.75, 3.05) is 57.5 Å². The average Bonchev–Trinajstić information content (AvgIpc) is 3.43. The van der Waals surface area contributed by atoms with Crippen molar-refractivity contribution in [1.29, 1.82) is 0 Å². The third kappa shape index (κ3) is 8.89. The standard InChI is InChI=1S/C33H38F3N3S3/c34-27-6-1-7-31(23-27)39-33(24-32(37-39)26-20-28(35)22-29(36)21-26)25-8-10-30(11-9-25)38-12-2-14-40-16-4-18-42-19-5-17-41-15-3-13-38/h1,6-11,20-23,33H,2-5,12-19,24H2. The summed E-state index contributed by atoms with van der Waals surface area (Å²) in [6, 6.07) is 18.1. The zero-order chi connectivity index (χ0) is 29.1. The fourth-order valence-electron chi connectivity index (χ4n) is 5.35. The SMILES string of the molecule is Fc1cc(F)cc(C2=NN(c3cccc(F)c3)C(c3ccc(N4CCCSCCCSCCCSCCC4)cc3)C2)c1. The zero-order valence-electron chi connectivity index (χ0n) is 23.8. The van der Waals surface area contributed by atoms with E-state index in [4.69, 9.17) is 5.10 Å². The second kappa shape index (κ2) is 16.0. The summed E-state index contributed by atoms with van der Waals surface area (Å²) in [5.74, 6) is 5.76. The van der Waals surface area contributed by atoms with Gasteiger partial charge >= 0.3 is 0 Å². The molecule has 1 saturated heterocycles. The van der Waals surface area contributed by atoms with Gasteiger partial charge in [0.05, 0.1) is 17.4 Å². The van der Waals surface area contributed by atoms with Gasteiger partial charge in [-0.2, -0.15) is 40.4 Å². The molecule has 0 aromatic heterocycles. The van der Waals surface area contributed by atoms with Crippen LogP contribution in [-0.4, -0.2) is 53.3 Å². The van der Waals surface area contributed by atoms with Gasteiger partial charge in [-0.15, -0.1) is 0 Å². The monoisotopic (exact) mass is 629 g/mol. The Morgan fingerprint density at radius 2 is 1.21 bits per heavy atom. The van der Waals surface area contributed by atoms with E-state index in [0.717, 1.165) is 37.6 Å². The first-order valence-corrected chi connectivity index (χ1v) is 18.2. The predicted molar refractivity (Wildman–Crippen MR) is 178 cm³/mol. The van der Waals surface area contributed by atoms with Crippen LogP contribution >= 0.6 is 35.3 Å². The number of hydrogen-bond donors (Lipinski definition) is 0. The molecule has 1 fully saturated rings. The number of hydrogen-bond acceptors (Lipinski definition) is 6. The topological polar surface area (TPSA) is 18.8 Å². The van der Waals surface area contributed by atoms with Crippen molar-refractivity contribution in [3.8, 4) is 0 Å². The van der Waals surface area contributed by atoms with Gasteiger partial charge in [0.2, 0.25) is 0 Å². The van der Waals surface area contributed by atoms with Crippen molar-refractivity contribution in [2.24, 2.45) is 5.10 Å². The van der Waals surface area contributed by atoms with Crippen LogP contribution < -0.4 is 9.91 Å². The molecule has 3 aromatic rings. The highest BCUT2D eigenvalue weighted by molar-refractivity contribution is 8.00. The van der Waals surface area contributed by atoms with Crippen molar-refractivity contribution in [3.63, 3.8) is 0 Å². The van der Waals surface area contributed by atoms with E-state index in [-0.39, 0.29) is 11.9 Å². The predicted octanol–water partition coefficient (Wildman–Crippen LogP) is 9.04. The van der Waals surface area contributed by atoms with Crippen molar-refractivity contribution in [2.45, 2.75) is 38.1 Å². The molecule has 224 valence electrons. The highest BCUT2D eigenvalue weighted by Gasteiger charge is 2.30. The molecule has 0 bridgehead atoms. The Morgan fingerprint density at radius 3 is 1.81 bits per heavy atom. The number of hydrazone groups is 1. The van der Waals surface area contributed by atoms with E-state index in [1.807, 2.05) is 6.07 Å². The Kier molecular flexibility index (Phi) is 11.9. The van der Waals surface area contributed by atoms with Crippen molar-refractivity contribution >= 4 is 52.4 Å². The molecule has 3 nitrogen and oxygen atoms in total. The lowest BCUT2D eigenvalue weighted by atomic mass is 9.97. The van der Waals surface area contributed by atoms with Gasteiger partial charge in [0, 0.05) is 36.8 Å². The maximum Gasteiger partial charge on any atom is 0.126 e.